The molecule has 2 heterocycles. The molecule has 4 rings (SSSR count). The van der Waals surface area contributed by atoms with Gasteiger partial charge in [0.1, 0.15) is 11.5 Å². The van der Waals surface area contributed by atoms with Crippen LogP contribution in [0, 0.1) is 5.82 Å². The molecule has 0 saturated carbocycles. The summed E-state index contributed by atoms with van der Waals surface area (Å²) in [6.45, 7) is 1.00. The van der Waals surface area contributed by atoms with Crippen LogP contribution in [0.25, 0.3) is 22.3 Å². The van der Waals surface area contributed by atoms with Crippen molar-refractivity contribution in [1.29, 1.82) is 0 Å². The van der Waals surface area contributed by atoms with Gasteiger partial charge in [0.25, 0.3) is 5.91 Å². The smallest absolute Gasteiger partial charge is 0.268 e. The number of benzene rings is 2. The van der Waals surface area contributed by atoms with Crippen LogP contribution in [0.3, 0.4) is 0 Å². The van der Waals surface area contributed by atoms with Gasteiger partial charge in [0.15, 0.2) is 0 Å². The van der Waals surface area contributed by atoms with Crippen LogP contribution in [-0.4, -0.2) is 23.6 Å². The van der Waals surface area contributed by atoms with Crippen molar-refractivity contribution in [1.82, 2.24) is 9.88 Å². The molecule has 1 aliphatic rings. The van der Waals surface area contributed by atoms with Gasteiger partial charge < -0.3 is 15.6 Å². The number of aromatic nitrogens is 1. The van der Waals surface area contributed by atoms with E-state index in [1.807, 2.05) is 41.1 Å². The van der Waals surface area contributed by atoms with E-state index < -0.39 is 0 Å². The lowest BCUT2D eigenvalue weighted by atomic mass is 9.96. The van der Waals surface area contributed by atoms with Crippen LogP contribution in [0.5, 0.6) is 0 Å². The van der Waals surface area contributed by atoms with E-state index in [2.05, 4.69) is 5.32 Å². The van der Waals surface area contributed by atoms with E-state index in [0.717, 1.165) is 5.56 Å². The molecule has 0 saturated heterocycles. The van der Waals surface area contributed by atoms with Gasteiger partial charge in [-0.15, -0.1) is 12.4 Å². The first-order valence-corrected chi connectivity index (χ1v) is 9.22. The summed E-state index contributed by atoms with van der Waals surface area (Å²) >= 11 is 6.13. The van der Waals surface area contributed by atoms with Crippen molar-refractivity contribution in [2.24, 2.45) is 5.73 Å². The molecule has 0 fully saturated rings. The Morgan fingerprint density at radius 1 is 1.18 bits per heavy atom. The number of carbonyl (C=O) groups excluding carboxylic acids is 1. The summed E-state index contributed by atoms with van der Waals surface area (Å²) < 4.78 is 16.6. The van der Waals surface area contributed by atoms with E-state index in [0.29, 0.717) is 46.9 Å². The van der Waals surface area contributed by atoms with E-state index in [1.165, 1.54) is 12.1 Å². The molecule has 1 amide bonds. The van der Waals surface area contributed by atoms with Crippen molar-refractivity contribution >= 4 is 29.9 Å². The number of hydrogen-bond donors (Lipinski definition) is 2. The molecule has 1 atom stereocenters. The number of nitrogens with zero attached hydrogens (tertiary/aromatic N) is 1. The molecule has 28 heavy (non-hydrogen) atoms. The van der Waals surface area contributed by atoms with Crippen molar-refractivity contribution in [2.45, 2.75) is 12.5 Å². The second kappa shape index (κ2) is 8.35. The Labute approximate surface area is 173 Å². The Bertz CT molecular complexity index is 1000. The molecule has 7 heteroatoms. The van der Waals surface area contributed by atoms with Crippen molar-refractivity contribution in [3.8, 4) is 22.3 Å². The van der Waals surface area contributed by atoms with E-state index >= 15 is 0 Å². The zero-order chi connectivity index (χ0) is 19.0. The minimum Gasteiger partial charge on any atom is -0.349 e. The van der Waals surface area contributed by atoms with E-state index in [4.69, 9.17) is 17.3 Å². The first kappa shape index (κ1) is 20.4. The van der Waals surface area contributed by atoms with Gasteiger partial charge in [0, 0.05) is 34.5 Å². The minimum absolute atomic E-state index is 0. The molecule has 1 aromatic heterocycles. The van der Waals surface area contributed by atoms with Gasteiger partial charge in [-0.1, -0.05) is 41.9 Å². The zero-order valence-corrected chi connectivity index (χ0v) is 16.6. The number of halogens is 3. The molecular weight excluding hydrogens is 400 g/mol. The molecule has 2 aromatic carbocycles. The summed E-state index contributed by atoms with van der Waals surface area (Å²) in [7, 11) is 0. The molecule has 0 bridgehead atoms. The highest BCUT2D eigenvalue weighted by molar-refractivity contribution is 6.30. The minimum atomic E-state index is -0.379. The molecule has 3 aromatic rings. The van der Waals surface area contributed by atoms with Crippen LogP contribution < -0.4 is 11.1 Å². The fourth-order valence-electron chi connectivity index (χ4n) is 3.67. The van der Waals surface area contributed by atoms with Crippen molar-refractivity contribution in [3.63, 3.8) is 0 Å². The highest BCUT2D eigenvalue weighted by Gasteiger charge is 2.31. The number of nitrogens with two attached hydrogens (primary N) is 1. The fraction of sp³-hybridized carbons (Fsp3) is 0.190. The predicted octanol–water partition coefficient (Wildman–Crippen LogP) is 4.67. The number of rotatable bonds is 4. The topological polar surface area (TPSA) is 60.0 Å². The van der Waals surface area contributed by atoms with Crippen molar-refractivity contribution in [3.05, 3.63) is 71.3 Å². The lowest BCUT2D eigenvalue weighted by Crippen LogP contribution is -2.39. The maximum absolute atomic E-state index is 14.7. The number of amides is 1. The second-order valence-corrected chi connectivity index (χ2v) is 7.04. The number of nitrogens with one attached hydrogen (secondary N) is 1. The predicted molar refractivity (Wildman–Crippen MR) is 113 cm³/mol. The third kappa shape index (κ3) is 3.53. The van der Waals surface area contributed by atoms with Crippen LogP contribution in [0.2, 0.25) is 5.02 Å². The average Bonchev–Trinajstić information content (AvgIpc) is 3.08. The Balaban J connectivity index is 0.00000225. The average molecular weight is 420 g/mol. The summed E-state index contributed by atoms with van der Waals surface area (Å²) in [5.74, 6) is -0.550. The third-order valence-corrected chi connectivity index (χ3v) is 5.16. The SMILES string of the molecule is Cl.NCCC1CNC(=O)c2c(-c3ccccc3)c(-c3cc(Cl)ccc3F)cn21. The van der Waals surface area contributed by atoms with Gasteiger partial charge in [-0.25, -0.2) is 4.39 Å². The molecule has 0 aliphatic carbocycles. The highest BCUT2D eigenvalue weighted by Crippen LogP contribution is 2.41. The monoisotopic (exact) mass is 419 g/mol. The zero-order valence-electron chi connectivity index (χ0n) is 15.0. The quantitative estimate of drug-likeness (QED) is 0.645. The third-order valence-electron chi connectivity index (χ3n) is 4.92. The van der Waals surface area contributed by atoms with E-state index in [1.54, 1.807) is 6.07 Å². The molecule has 3 N–H and O–H groups in total. The lowest BCUT2D eigenvalue weighted by molar-refractivity contribution is 0.0914. The summed E-state index contributed by atoms with van der Waals surface area (Å²) in [5.41, 5.74) is 8.87. The Morgan fingerprint density at radius 3 is 2.64 bits per heavy atom. The lowest BCUT2D eigenvalue weighted by Gasteiger charge is -2.26. The molecule has 0 spiro atoms. The number of carbonyl (C=O) groups is 1. The van der Waals surface area contributed by atoms with Crippen LogP contribution in [0.4, 0.5) is 4.39 Å². The van der Waals surface area contributed by atoms with E-state index in [-0.39, 0.29) is 30.2 Å². The maximum atomic E-state index is 14.7. The van der Waals surface area contributed by atoms with Gasteiger partial charge in [-0.2, -0.15) is 0 Å². The molecule has 4 nitrogen and oxygen atoms in total. The van der Waals surface area contributed by atoms with Gasteiger partial charge in [-0.3, -0.25) is 4.79 Å². The fourth-order valence-corrected chi connectivity index (χ4v) is 3.85. The maximum Gasteiger partial charge on any atom is 0.268 e. The standard InChI is InChI=1S/C21H19ClFN3O.ClH/c22-14-6-7-18(23)16(10-14)17-12-26-15(8-9-24)11-25-21(27)20(26)19(17)13-4-2-1-3-5-13;/h1-7,10,12,15H,8-9,11,24H2,(H,25,27);1H. The summed E-state index contributed by atoms with van der Waals surface area (Å²) in [4.78, 5) is 12.7. The van der Waals surface area contributed by atoms with Gasteiger partial charge in [0.2, 0.25) is 0 Å². The molecule has 1 unspecified atom stereocenters. The highest BCUT2D eigenvalue weighted by atomic mass is 35.5. The molecule has 146 valence electrons. The van der Waals surface area contributed by atoms with Crippen molar-refractivity contribution < 1.29 is 9.18 Å². The van der Waals surface area contributed by atoms with Gasteiger partial charge >= 0.3 is 0 Å². The molecular formula is C21H20Cl2FN3O. The number of hydrogen-bond acceptors (Lipinski definition) is 2. The van der Waals surface area contributed by atoms with Crippen LogP contribution in [0.1, 0.15) is 23.0 Å². The summed E-state index contributed by atoms with van der Waals surface area (Å²) in [6, 6.07) is 14.0. The number of fused-ring (bicyclic) bond motifs is 1. The largest absolute Gasteiger partial charge is 0.349 e. The Hall–Kier alpha value is -2.34. The Morgan fingerprint density at radius 2 is 1.93 bits per heavy atom. The van der Waals surface area contributed by atoms with Gasteiger partial charge in [0.05, 0.1) is 6.04 Å². The van der Waals surface area contributed by atoms with Crippen LogP contribution >= 0.6 is 24.0 Å². The summed E-state index contributed by atoms with van der Waals surface area (Å²) in [6.07, 6.45) is 2.57. The first-order chi connectivity index (χ1) is 13.1. The normalized spacial score (nSPS) is 15.5. The molecule has 1 aliphatic heterocycles. The first-order valence-electron chi connectivity index (χ1n) is 8.84. The Kier molecular flexibility index (Phi) is 6.08. The van der Waals surface area contributed by atoms with Crippen LogP contribution in [-0.2, 0) is 0 Å². The van der Waals surface area contributed by atoms with Crippen molar-refractivity contribution in [2.75, 3.05) is 13.1 Å². The summed E-state index contributed by atoms with van der Waals surface area (Å²) in [5, 5.41) is 3.38. The second-order valence-electron chi connectivity index (χ2n) is 6.61. The van der Waals surface area contributed by atoms with E-state index in [9.17, 15) is 9.18 Å². The van der Waals surface area contributed by atoms with Crippen LogP contribution in [0.15, 0.2) is 54.7 Å². The van der Waals surface area contributed by atoms with Gasteiger partial charge in [-0.05, 0) is 36.7 Å². The molecule has 0 radical (unpaired) electrons.